The highest BCUT2D eigenvalue weighted by molar-refractivity contribution is 5.85. The van der Waals surface area contributed by atoms with Gasteiger partial charge >= 0.3 is 6.09 Å². The fourth-order valence-electron chi connectivity index (χ4n) is 3.51. The van der Waals surface area contributed by atoms with E-state index >= 15 is 0 Å². The summed E-state index contributed by atoms with van der Waals surface area (Å²) in [5.41, 5.74) is -0.578. The lowest BCUT2D eigenvalue weighted by Gasteiger charge is -2.31. The van der Waals surface area contributed by atoms with Crippen LogP contribution in [0.15, 0.2) is 0 Å². The molecule has 0 bridgehead atoms. The molecule has 0 aliphatic heterocycles. The van der Waals surface area contributed by atoms with Crippen molar-refractivity contribution in [3.63, 3.8) is 0 Å². The van der Waals surface area contributed by atoms with E-state index in [1.807, 2.05) is 20.8 Å². The topological polar surface area (TPSA) is 64.6 Å². The summed E-state index contributed by atoms with van der Waals surface area (Å²) in [6, 6.07) is -0.509. The Balaban J connectivity index is 4.89. The van der Waals surface area contributed by atoms with Crippen LogP contribution in [-0.2, 0) is 14.3 Å². The molecule has 0 unspecified atom stereocenters. The van der Waals surface area contributed by atoms with Gasteiger partial charge in [0.2, 0.25) is 0 Å². The number of alkyl carbamates (subject to hydrolysis) is 1. The Bertz CT molecular complexity index is 468. The van der Waals surface area contributed by atoms with Gasteiger partial charge in [-0.15, -0.1) is 0 Å². The van der Waals surface area contributed by atoms with E-state index < -0.39 is 17.7 Å². The van der Waals surface area contributed by atoms with Crippen molar-refractivity contribution in [2.75, 3.05) is 6.61 Å². The first-order chi connectivity index (χ1) is 13.4. The summed E-state index contributed by atoms with van der Waals surface area (Å²) < 4.78 is 11.5. The van der Waals surface area contributed by atoms with Crippen molar-refractivity contribution in [1.82, 2.24) is 5.32 Å². The van der Waals surface area contributed by atoms with Crippen LogP contribution in [-0.4, -0.2) is 36.2 Å². The zero-order valence-corrected chi connectivity index (χ0v) is 20.5. The van der Waals surface area contributed by atoms with Gasteiger partial charge in [-0.25, -0.2) is 4.79 Å². The molecule has 3 atom stereocenters. The number of hydrogen-bond donors (Lipinski definition) is 1. The predicted molar refractivity (Wildman–Crippen MR) is 120 cm³/mol. The highest BCUT2D eigenvalue weighted by Crippen LogP contribution is 2.29. The van der Waals surface area contributed by atoms with Crippen molar-refractivity contribution >= 4 is 11.9 Å². The lowest BCUT2D eigenvalue weighted by Crippen LogP contribution is -2.42. The number of Topliss-reactive ketones (excluding diaryl/α,β-unsaturated/α-hetero) is 1. The maximum absolute atomic E-state index is 12.0. The zero-order valence-electron chi connectivity index (χ0n) is 20.5. The molecule has 0 aromatic heterocycles. The molecule has 1 amide bonds. The number of carbonyl (C=O) groups excluding carboxylic acids is 2. The monoisotopic (exact) mass is 413 g/mol. The third-order valence-corrected chi connectivity index (χ3v) is 5.11. The van der Waals surface area contributed by atoms with Crippen molar-refractivity contribution in [2.45, 2.75) is 119 Å². The molecule has 5 heteroatoms. The zero-order chi connectivity index (χ0) is 22.6. The summed E-state index contributed by atoms with van der Waals surface area (Å²) >= 11 is 0. The summed E-state index contributed by atoms with van der Waals surface area (Å²) in [5.74, 6) is 1.71. The van der Waals surface area contributed by atoms with Crippen LogP contribution < -0.4 is 5.32 Å². The van der Waals surface area contributed by atoms with Gasteiger partial charge in [-0.1, -0.05) is 41.0 Å². The maximum atomic E-state index is 12.0. The Morgan fingerprint density at radius 1 is 0.966 bits per heavy atom. The van der Waals surface area contributed by atoms with Gasteiger partial charge in [-0.05, 0) is 77.6 Å². The Hall–Kier alpha value is -1.10. The van der Waals surface area contributed by atoms with Gasteiger partial charge in [0.15, 0.2) is 5.78 Å². The number of nitrogens with one attached hydrogen (secondary N) is 1. The van der Waals surface area contributed by atoms with E-state index in [0.717, 1.165) is 32.3 Å². The molecule has 0 spiro atoms. The molecule has 0 saturated carbocycles. The fraction of sp³-hybridized carbons (Fsp3) is 0.917. The predicted octanol–water partition coefficient (Wildman–Crippen LogP) is 6.14. The van der Waals surface area contributed by atoms with Gasteiger partial charge < -0.3 is 14.8 Å². The van der Waals surface area contributed by atoms with Crippen molar-refractivity contribution in [3.8, 4) is 0 Å². The van der Waals surface area contributed by atoms with Crippen LogP contribution >= 0.6 is 0 Å². The molecule has 5 nitrogen and oxygen atoms in total. The van der Waals surface area contributed by atoms with Gasteiger partial charge in [0, 0.05) is 6.61 Å². The van der Waals surface area contributed by atoms with Crippen molar-refractivity contribution < 1.29 is 19.1 Å². The molecule has 0 aromatic carbocycles. The third-order valence-electron chi connectivity index (χ3n) is 5.11. The first-order valence-corrected chi connectivity index (χ1v) is 11.5. The van der Waals surface area contributed by atoms with E-state index in [2.05, 4.69) is 39.9 Å². The first-order valence-electron chi connectivity index (χ1n) is 11.5. The van der Waals surface area contributed by atoms with Crippen LogP contribution in [0.1, 0.15) is 101 Å². The van der Waals surface area contributed by atoms with E-state index in [4.69, 9.17) is 9.47 Å². The highest BCUT2D eigenvalue weighted by atomic mass is 16.6. The number of hydrogen-bond acceptors (Lipinski definition) is 4. The second-order valence-electron chi connectivity index (χ2n) is 10.0. The molecule has 29 heavy (non-hydrogen) atoms. The van der Waals surface area contributed by atoms with Crippen LogP contribution in [0.4, 0.5) is 4.79 Å². The molecule has 0 fully saturated rings. The van der Waals surface area contributed by atoms with Crippen molar-refractivity contribution in [1.29, 1.82) is 0 Å². The van der Waals surface area contributed by atoms with Gasteiger partial charge in [-0.3, -0.25) is 4.79 Å². The van der Waals surface area contributed by atoms with Gasteiger partial charge in [0.05, 0.1) is 12.1 Å². The summed E-state index contributed by atoms with van der Waals surface area (Å²) in [7, 11) is 0. The molecule has 0 aliphatic carbocycles. The largest absolute Gasteiger partial charge is 0.444 e. The summed E-state index contributed by atoms with van der Waals surface area (Å²) in [6.45, 7) is 18.9. The minimum absolute atomic E-state index is 0.0397. The number of ether oxygens (including phenoxy) is 2. The minimum Gasteiger partial charge on any atom is -0.444 e. The molecule has 1 N–H and O–H groups in total. The van der Waals surface area contributed by atoms with Crippen molar-refractivity contribution in [3.05, 3.63) is 0 Å². The maximum Gasteiger partial charge on any atom is 0.408 e. The number of ketones is 1. The average molecular weight is 414 g/mol. The summed E-state index contributed by atoms with van der Waals surface area (Å²) in [6.07, 6.45) is 5.37. The van der Waals surface area contributed by atoms with Crippen LogP contribution in [0.2, 0.25) is 0 Å². The van der Waals surface area contributed by atoms with Crippen LogP contribution in [0, 0.1) is 17.8 Å². The molecule has 0 rings (SSSR count). The lowest BCUT2D eigenvalue weighted by atomic mass is 9.82. The second-order valence-corrected chi connectivity index (χ2v) is 10.0. The Kier molecular flexibility index (Phi) is 13.5. The number of amides is 1. The molecule has 0 radical (unpaired) electrons. The van der Waals surface area contributed by atoms with E-state index in [0.29, 0.717) is 24.2 Å². The Morgan fingerprint density at radius 3 is 2.03 bits per heavy atom. The lowest BCUT2D eigenvalue weighted by molar-refractivity contribution is -0.119. The van der Waals surface area contributed by atoms with E-state index in [-0.39, 0.29) is 11.9 Å². The normalized spacial score (nSPS) is 15.3. The standard InChI is InChI=1S/C24H47NO4/c1-10-16-28-22(20(18(4)5)15-14-17(2)3)13-11-12-21(19(6)26)25-23(27)29-24(7,8)9/h17-18,20-22H,10-16H2,1-9H3,(H,25,27)/t20-,21-,22-/m0/s1. The Labute approximate surface area is 179 Å². The minimum atomic E-state index is -0.578. The smallest absolute Gasteiger partial charge is 0.408 e. The molecular weight excluding hydrogens is 366 g/mol. The fourth-order valence-corrected chi connectivity index (χ4v) is 3.51. The number of rotatable bonds is 14. The quantitative estimate of drug-likeness (QED) is 0.371. The first kappa shape index (κ1) is 27.9. The van der Waals surface area contributed by atoms with E-state index in [1.54, 1.807) is 0 Å². The van der Waals surface area contributed by atoms with E-state index in [1.165, 1.54) is 13.3 Å². The SMILES string of the molecule is CCCO[C@@H](CCC[C@H](NC(=O)OC(C)(C)C)C(C)=O)[C@@H](CCC(C)C)C(C)C. The average Bonchev–Trinajstić information content (AvgIpc) is 2.55. The molecule has 0 aliphatic rings. The van der Waals surface area contributed by atoms with Gasteiger partial charge in [0.1, 0.15) is 5.60 Å². The molecule has 0 heterocycles. The second kappa shape index (κ2) is 14.0. The van der Waals surface area contributed by atoms with Crippen LogP contribution in [0.5, 0.6) is 0 Å². The third kappa shape index (κ3) is 13.7. The highest BCUT2D eigenvalue weighted by Gasteiger charge is 2.27. The molecule has 0 saturated heterocycles. The van der Waals surface area contributed by atoms with Crippen LogP contribution in [0.25, 0.3) is 0 Å². The molecular formula is C24H47NO4. The summed E-state index contributed by atoms with van der Waals surface area (Å²) in [5, 5.41) is 2.73. The molecule has 0 aromatic rings. The van der Waals surface area contributed by atoms with Gasteiger partial charge in [0.25, 0.3) is 0 Å². The van der Waals surface area contributed by atoms with Gasteiger partial charge in [-0.2, -0.15) is 0 Å². The molecule has 172 valence electrons. The van der Waals surface area contributed by atoms with Crippen LogP contribution in [0.3, 0.4) is 0 Å². The summed E-state index contributed by atoms with van der Waals surface area (Å²) in [4.78, 5) is 24.1. The Morgan fingerprint density at radius 2 is 1.59 bits per heavy atom. The van der Waals surface area contributed by atoms with Crippen molar-refractivity contribution in [2.24, 2.45) is 17.8 Å². The van der Waals surface area contributed by atoms with E-state index in [9.17, 15) is 9.59 Å². The number of carbonyl (C=O) groups is 2.